The number of benzene rings is 1. The normalized spacial score (nSPS) is 11.5. The zero-order valence-electron chi connectivity index (χ0n) is 10.7. The lowest BCUT2D eigenvalue weighted by Crippen LogP contribution is -2.32. The van der Waals surface area contributed by atoms with Gasteiger partial charge >= 0.3 is 5.97 Å². The van der Waals surface area contributed by atoms with Gasteiger partial charge in [-0.15, -0.1) is 6.58 Å². The van der Waals surface area contributed by atoms with E-state index in [-0.39, 0.29) is 17.9 Å². The molecule has 0 amide bonds. The molecule has 6 heteroatoms. The summed E-state index contributed by atoms with van der Waals surface area (Å²) in [5.74, 6) is -1.18. The summed E-state index contributed by atoms with van der Waals surface area (Å²) < 4.78 is 25.5. The Morgan fingerprint density at radius 2 is 1.95 bits per heavy atom. The minimum atomic E-state index is -3.41. The maximum Gasteiger partial charge on any atom is 0.335 e. The van der Waals surface area contributed by atoms with Gasteiger partial charge in [-0.3, -0.25) is 0 Å². The third-order valence-electron chi connectivity index (χ3n) is 2.63. The lowest BCUT2D eigenvalue weighted by Gasteiger charge is -2.18. The van der Waals surface area contributed by atoms with E-state index in [9.17, 15) is 13.2 Å². The van der Waals surface area contributed by atoms with Crippen LogP contribution in [-0.4, -0.2) is 36.9 Å². The second-order valence-electron chi connectivity index (χ2n) is 4.00. The molecule has 1 rings (SSSR count). The van der Waals surface area contributed by atoms with E-state index in [0.717, 1.165) is 0 Å². The Balaban J connectivity index is 2.88. The van der Waals surface area contributed by atoms with E-state index in [2.05, 4.69) is 6.58 Å². The van der Waals surface area contributed by atoms with Crippen LogP contribution in [0.5, 0.6) is 0 Å². The van der Waals surface area contributed by atoms with E-state index in [1.54, 1.807) is 6.92 Å². The first-order valence-electron chi connectivity index (χ1n) is 5.81. The smallest absolute Gasteiger partial charge is 0.335 e. The molecular weight excluding hydrogens is 266 g/mol. The number of sulfonamides is 1. The zero-order chi connectivity index (χ0) is 14.5. The molecule has 19 heavy (non-hydrogen) atoms. The van der Waals surface area contributed by atoms with Crippen molar-refractivity contribution in [3.05, 3.63) is 48.0 Å². The molecule has 0 aromatic heterocycles. The number of carboxylic acid groups (broad SMARTS) is 1. The average Bonchev–Trinajstić information content (AvgIpc) is 2.35. The molecule has 1 aromatic rings. The molecule has 5 nitrogen and oxygen atoms in total. The van der Waals surface area contributed by atoms with Crippen molar-refractivity contribution < 1.29 is 18.3 Å². The van der Waals surface area contributed by atoms with Gasteiger partial charge in [-0.25, -0.2) is 13.2 Å². The summed E-state index contributed by atoms with van der Waals surface area (Å²) >= 11 is 0. The van der Waals surface area contributed by atoms with E-state index >= 15 is 0 Å². The van der Waals surface area contributed by atoms with Gasteiger partial charge in [-0.1, -0.05) is 25.1 Å². The molecular formula is C13H17NO4S. The highest BCUT2D eigenvalue weighted by molar-refractivity contribution is 7.88. The third kappa shape index (κ3) is 4.18. The maximum atomic E-state index is 12.1. The summed E-state index contributed by atoms with van der Waals surface area (Å²) in [5, 5.41) is 8.77. The van der Waals surface area contributed by atoms with Crippen LogP contribution in [-0.2, 0) is 15.8 Å². The zero-order valence-corrected chi connectivity index (χ0v) is 11.6. The summed E-state index contributed by atoms with van der Waals surface area (Å²) in [7, 11) is -3.41. The van der Waals surface area contributed by atoms with E-state index in [4.69, 9.17) is 5.11 Å². The summed E-state index contributed by atoms with van der Waals surface area (Å²) in [6, 6.07) is 5.83. The molecule has 1 N–H and O–H groups in total. The van der Waals surface area contributed by atoms with E-state index < -0.39 is 16.0 Å². The van der Waals surface area contributed by atoms with Crippen molar-refractivity contribution in [3.63, 3.8) is 0 Å². The number of hydrogen-bond acceptors (Lipinski definition) is 3. The number of likely N-dealkylation sites (N-methyl/N-ethyl adjacent to an activating group) is 1. The maximum absolute atomic E-state index is 12.1. The predicted molar refractivity (Wildman–Crippen MR) is 73.5 cm³/mol. The molecule has 0 atom stereocenters. The highest BCUT2D eigenvalue weighted by atomic mass is 32.2. The Morgan fingerprint density at radius 1 is 1.37 bits per heavy atom. The van der Waals surface area contributed by atoms with Crippen molar-refractivity contribution in [2.24, 2.45) is 0 Å². The molecule has 0 radical (unpaired) electrons. The van der Waals surface area contributed by atoms with Crippen LogP contribution in [0.15, 0.2) is 36.9 Å². The Labute approximate surface area is 113 Å². The predicted octanol–water partition coefficient (Wildman–Crippen LogP) is 1.72. The summed E-state index contributed by atoms with van der Waals surface area (Å²) in [4.78, 5) is 10.7. The fourth-order valence-corrected chi connectivity index (χ4v) is 3.15. The van der Waals surface area contributed by atoms with Gasteiger partial charge in [0.2, 0.25) is 10.0 Å². The molecule has 0 aliphatic rings. The number of carbonyl (C=O) groups is 1. The lowest BCUT2D eigenvalue weighted by molar-refractivity contribution is 0.0697. The molecule has 0 unspecified atom stereocenters. The fourth-order valence-electron chi connectivity index (χ4n) is 1.63. The van der Waals surface area contributed by atoms with Gasteiger partial charge < -0.3 is 5.11 Å². The van der Waals surface area contributed by atoms with Crippen LogP contribution in [0.4, 0.5) is 0 Å². The molecule has 0 heterocycles. The van der Waals surface area contributed by atoms with Crippen LogP contribution in [0.1, 0.15) is 22.8 Å². The van der Waals surface area contributed by atoms with Crippen LogP contribution in [0, 0.1) is 0 Å². The minimum Gasteiger partial charge on any atom is -0.478 e. The first-order valence-corrected chi connectivity index (χ1v) is 7.42. The van der Waals surface area contributed by atoms with Gasteiger partial charge in [0.25, 0.3) is 0 Å². The quantitative estimate of drug-likeness (QED) is 0.773. The van der Waals surface area contributed by atoms with Crippen LogP contribution < -0.4 is 0 Å². The molecule has 0 aliphatic heterocycles. The second-order valence-corrected chi connectivity index (χ2v) is 5.97. The van der Waals surface area contributed by atoms with E-state index in [0.29, 0.717) is 12.1 Å². The Kier molecular flexibility index (Phi) is 5.26. The van der Waals surface area contributed by atoms with E-state index in [1.807, 2.05) is 0 Å². The highest BCUT2D eigenvalue weighted by Crippen LogP contribution is 2.12. The van der Waals surface area contributed by atoms with Crippen molar-refractivity contribution in [1.82, 2.24) is 4.31 Å². The SMILES string of the molecule is C=CCN(CC)S(=O)(=O)Cc1ccc(C(=O)O)cc1. The largest absolute Gasteiger partial charge is 0.478 e. The third-order valence-corrected chi connectivity index (χ3v) is 4.52. The molecule has 0 spiro atoms. The van der Waals surface area contributed by atoms with Crippen molar-refractivity contribution in [2.45, 2.75) is 12.7 Å². The molecule has 0 bridgehead atoms. The topological polar surface area (TPSA) is 74.7 Å². The van der Waals surface area contributed by atoms with Crippen LogP contribution in [0.3, 0.4) is 0 Å². The van der Waals surface area contributed by atoms with Gasteiger partial charge in [0.05, 0.1) is 11.3 Å². The molecule has 0 fully saturated rings. The Hall–Kier alpha value is -1.66. The number of nitrogens with zero attached hydrogens (tertiary/aromatic N) is 1. The summed E-state index contributed by atoms with van der Waals surface area (Å²) in [6.45, 7) is 5.93. The number of carboxylic acids is 1. The summed E-state index contributed by atoms with van der Waals surface area (Å²) in [6.07, 6.45) is 1.54. The van der Waals surface area contributed by atoms with Gasteiger partial charge in [-0.05, 0) is 17.7 Å². The van der Waals surface area contributed by atoms with Gasteiger partial charge in [-0.2, -0.15) is 4.31 Å². The standard InChI is InChI=1S/C13H17NO4S/c1-3-9-14(4-2)19(17,18)10-11-5-7-12(8-6-11)13(15)16/h3,5-8H,1,4,9-10H2,2H3,(H,15,16). The van der Waals surface area contributed by atoms with Gasteiger partial charge in [0.1, 0.15) is 0 Å². The van der Waals surface area contributed by atoms with Crippen molar-refractivity contribution >= 4 is 16.0 Å². The Morgan fingerprint density at radius 3 is 2.37 bits per heavy atom. The summed E-state index contributed by atoms with van der Waals surface area (Å²) in [5.41, 5.74) is 0.701. The van der Waals surface area contributed by atoms with Crippen LogP contribution in [0.2, 0.25) is 0 Å². The second kappa shape index (κ2) is 6.49. The first-order chi connectivity index (χ1) is 8.90. The van der Waals surface area contributed by atoms with Crippen molar-refractivity contribution in [2.75, 3.05) is 13.1 Å². The number of aromatic carboxylic acids is 1. The number of rotatable bonds is 7. The molecule has 0 saturated carbocycles. The van der Waals surface area contributed by atoms with Crippen LogP contribution >= 0.6 is 0 Å². The minimum absolute atomic E-state index is 0.139. The van der Waals surface area contributed by atoms with Crippen LogP contribution in [0.25, 0.3) is 0 Å². The molecule has 0 saturated heterocycles. The molecule has 104 valence electrons. The first kappa shape index (κ1) is 15.4. The van der Waals surface area contributed by atoms with Crippen molar-refractivity contribution in [3.8, 4) is 0 Å². The van der Waals surface area contributed by atoms with Crippen molar-refractivity contribution in [1.29, 1.82) is 0 Å². The molecule has 1 aromatic carbocycles. The monoisotopic (exact) mass is 283 g/mol. The number of hydrogen-bond donors (Lipinski definition) is 1. The highest BCUT2D eigenvalue weighted by Gasteiger charge is 2.19. The molecule has 0 aliphatic carbocycles. The fraction of sp³-hybridized carbons (Fsp3) is 0.308. The van der Waals surface area contributed by atoms with E-state index in [1.165, 1.54) is 34.6 Å². The lowest BCUT2D eigenvalue weighted by atomic mass is 10.1. The average molecular weight is 283 g/mol. The van der Waals surface area contributed by atoms with Gasteiger partial charge in [0, 0.05) is 13.1 Å². The Bertz CT molecular complexity index is 549. The van der Waals surface area contributed by atoms with Gasteiger partial charge in [0.15, 0.2) is 0 Å².